The Labute approximate surface area is 81.7 Å². The van der Waals surface area contributed by atoms with Crippen LogP contribution in [-0.2, 0) is 4.79 Å². The molecule has 1 saturated heterocycles. The number of hydrogen-bond donors (Lipinski definition) is 0. The highest BCUT2D eigenvalue weighted by Crippen LogP contribution is 2.13. The molecule has 0 unspecified atom stereocenters. The smallest absolute Gasteiger partial charge is 0.316 e. The van der Waals surface area contributed by atoms with Gasteiger partial charge in [-0.2, -0.15) is 0 Å². The van der Waals surface area contributed by atoms with Gasteiger partial charge < -0.3 is 9.64 Å². The molecule has 0 saturated carbocycles. The van der Waals surface area contributed by atoms with E-state index in [9.17, 15) is 4.79 Å². The normalized spacial score (nSPS) is 16.2. The molecule has 1 aromatic heterocycles. The van der Waals surface area contributed by atoms with Crippen molar-refractivity contribution < 1.29 is 9.53 Å². The Kier molecular flexibility index (Phi) is 2.30. The minimum absolute atomic E-state index is 0.0429. The Balaban J connectivity index is 1.82. The summed E-state index contributed by atoms with van der Waals surface area (Å²) in [6.45, 7) is 2.82. The number of amides is 1. The fourth-order valence-electron chi connectivity index (χ4n) is 1.27. The van der Waals surface area contributed by atoms with Crippen LogP contribution >= 0.6 is 0 Å². The second-order valence-corrected chi connectivity index (χ2v) is 3.20. The molecule has 0 bridgehead atoms. The van der Waals surface area contributed by atoms with Crippen LogP contribution in [0.3, 0.4) is 0 Å². The molecule has 0 aromatic carbocycles. The van der Waals surface area contributed by atoms with Crippen molar-refractivity contribution in [3.8, 4) is 6.01 Å². The van der Waals surface area contributed by atoms with Gasteiger partial charge >= 0.3 is 6.01 Å². The van der Waals surface area contributed by atoms with Gasteiger partial charge in [0.1, 0.15) is 6.10 Å². The topological polar surface area (TPSA) is 55.3 Å². The van der Waals surface area contributed by atoms with E-state index in [1.165, 1.54) is 0 Å². The molecule has 5 nitrogen and oxygen atoms in total. The Morgan fingerprint density at radius 3 is 2.71 bits per heavy atom. The van der Waals surface area contributed by atoms with Crippen LogP contribution in [0.2, 0.25) is 0 Å². The van der Waals surface area contributed by atoms with E-state index < -0.39 is 0 Å². The molecule has 0 N–H and O–H groups in total. The second-order valence-electron chi connectivity index (χ2n) is 3.20. The van der Waals surface area contributed by atoms with Crippen LogP contribution in [0, 0.1) is 0 Å². The molecule has 1 aliphatic rings. The first-order valence-corrected chi connectivity index (χ1v) is 4.45. The molecule has 1 aliphatic heterocycles. The summed E-state index contributed by atoms with van der Waals surface area (Å²) in [4.78, 5) is 20.4. The van der Waals surface area contributed by atoms with E-state index in [0.717, 1.165) is 0 Å². The van der Waals surface area contributed by atoms with E-state index in [1.54, 1.807) is 30.3 Å². The molecular formula is C9H11N3O2. The third-order valence-corrected chi connectivity index (χ3v) is 2.11. The summed E-state index contributed by atoms with van der Waals surface area (Å²) in [5, 5.41) is 0. The molecule has 1 aromatic rings. The third kappa shape index (κ3) is 1.81. The summed E-state index contributed by atoms with van der Waals surface area (Å²) in [6.07, 6.45) is 3.30. The summed E-state index contributed by atoms with van der Waals surface area (Å²) in [5.74, 6) is 0.0823. The third-order valence-electron chi connectivity index (χ3n) is 2.11. The van der Waals surface area contributed by atoms with Crippen LogP contribution in [0.15, 0.2) is 18.5 Å². The lowest BCUT2D eigenvalue weighted by molar-refractivity contribution is -0.137. The van der Waals surface area contributed by atoms with Gasteiger partial charge in [0.2, 0.25) is 5.91 Å². The van der Waals surface area contributed by atoms with E-state index >= 15 is 0 Å². The van der Waals surface area contributed by atoms with Gasteiger partial charge in [-0.3, -0.25) is 4.79 Å². The Bertz CT molecular complexity index is 322. The van der Waals surface area contributed by atoms with Crippen molar-refractivity contribution in [2.75, 3.05) is 13.1 Å². The van der Waals surface area contributed by atoms with Gasteiger partial charge in [-0.1, -0.05) is 0 Å². The van der Waals surface area contributed by atoms with E-state index in [-0.39, 0.29) is 12.0 Å². The van der Waals surface area contributed by atoms with E-state index in [1.807, 2.05) is 0 Å². The van der Waals surface area contributed by atoms with Gasteiger partial charge in [-0.15, -0.1) is 0 Å². The van der Waals surface area contributed by atoms with Gasteiger partial charge in [-0.25, -0.2) is 9.97 Å². The molecule has 74 valence electrons. The molecule has 2 heterocycles. The predicted octanol–water partition coefficient (Wildman–Crippen LogP) is 0.0861. The largest absolute Gasteiger partial charge is 0.456 e. The summed E-state index contributed by atoms with van der Waals surface area (Å²) >= 11 is 0. The van der Waals surface area contributed by atoms with Crippen LogP contribution in [0.25, 0.3) is 0 Å². The highest BCUT2D eigenvalue weighted by Gasteiger charge is 2.30. The van der Waals surface area contributed by atoms with Gasteiger partial charge in [0.05, 0.1) is 13.1 Å². The van der Waals surface area contributed by atoms with Crippen molar-refractivity contribution in [3.05, 3.63) is 18.5 Å². The maximum atomic E-state index is 10.9. The van der Waals surface area contributed by atoms with Crippen LogP contribution < -0.4 is 4.74 Å². The zero-order chi connectivity index (χ0) is 9.97. The number of nitrogens with zero attached hydrogens (tertiary/aromatic N) is 3. The summed E-state index contributed by atoms with van der Waals surface area (Å²) in [5.41, 5.74) is 0. The fraction of sp³-hybridized carbons (Fsp3) is 0.444. The lowest BCUT2D eigenvalue weighted by Crippen LogP contribution is -2.55. The number of carbonyl (C=O) groups is 1. The lowest BCUT2D eigenvalue weighted by Gasteiger charge is -2.37. The van der Waals surface area contributed by atoms with Gasteiger partial charge in [0.15, 0.2) is 0 Å². The average molecular weight is 193 g/mol. The number of ether oxygens (including phenoxy) is 1. The highest BCUT2D eigenvalue weighted by atomic mass is 16.5. The Morgan fingerprint density at radius 1 is 1.50 bits per heavy atom. The summed E-state index contributed by atoms with van der Waals surface area (Å²) in [7, 11) is 0. The van der Waals surface area contributed by atoms with Crippen molar-refractivity contribution in [2.24, 2.45) is 0 Å². The first-order chi connectivity index (χ1) is 6.75. The second kappa shape index (κ2) is 3.61. The molecule has 2 rings (SSSR count). The van der Waals surface area contributed by atoms with Crippen molar-refractivity contribution in [2.45, 2.75) is 13.0 Å². The monoisotopic (exact) mass is 193 g/mol. The number of carbonyl (C=O) groups excluding carboxylic acids is 1. The van der Waals surface area contributed by atoms with Gasteiger partial charge in [-0.05, 0) is 6.07 Å². The maximum Gasteiger partial charge on any atom is 0.316 e. The molecule has 1 fully saturated rings. The number of likely N-dealkylation sites (tertiary alicyclic amines) is 1. The van der Waals surface area contributed by atoms with E-state index in [4.69, 9.17) is 4.74 Å². The minimum atomic E-state index is 0.0429. The van der Waals surface area contributed by atoms with E-state index in [2.05, 4.69) is 9.97 Å². The molecule has 0 atom stereocenters. The molecule has 0 radical (unpaired) electrons. The number of hydrogen-bond acceptors (Lipinski definition) is 4. The predicted molar refractivity (Wildman–Crippen MR) is 48.7 cm³/mol. The molecular weight excluding hydrogens is 182 g/mol. The van der Waals surface area contributed by atoms with Crippen LogP contribution in [0.4, 0.5) is 0 Å². The summed E-state index contributed by atoms with van der Waals surface area (Å²) in [6, 6.07) is 2.11. The van der Waals surface area contributed by atoms with Crippen molar-refractivity contribution >= 4 is 5.91 Å². The SMILES string of the molecule is CC(=O)N1CC(Oc2ncccn2)C1. The summed E-state index contributed by atoms with van der Waals surface area (Å²) < 4.78 is 5.41. The first kappa shape index (κ1) is 8.93. The zero-order valence-corrected chi connectivity index (χ0v) is 7.88. The van der Waals surface area contributed by atoms with Gasteiger partial charge in [0, 0.05) is 19.3 Å². The highest BCUT2D eigenvalue weighted by molar-refractivity contribution is 5.74. The maximum absolute atomic E-state index is 10.9. The van der Waals surface area contributed by atoms with Gasteiger partial charge in [0.25, 0.3) is 0 Å². The first-order valence-electron chi connectivity index (χ1n) is 4.45. The van der Waals surface area contributed by atoms with E-state index in [0.29, 0.717) is 19.1 Å². The fourth-order valence-corrected chi connectivity index (χ4v) is 1.27. The molecule has 14 heavy (non-hydrogen) atoms. The molecule has 1 amide bonds. The van der Waals surface area contributed by atoms with Crippen LogP contribution in [-0.4, -0.2) is 40.0 Å². The number of rotatable bonds is 2. The Hall–Kier alpha value is -1.65. The molecule has 0 spiro atoms. The number of aromatic nitrogens is 2. The molecule has 0 aliphatic carbocycles. The molecule has 5 heteroatoms. The van der Waals surface area contributed by atoms with Crippen LogP contribution in [0.1, 0.15) is 6.92 Å². The standard InChI is InChI=1S/C9H11N3O2/c1-7(13)12-5-8(6-12)14-9-10-3-2-4-11-9/h2-4,8H,5-6H2,1H3. The van der Waals surface area contributed by atoms with Crippen LogP contribution in [0.5, 0.6) is 6.01 Å². The minimum Gasteiger partial charge on any atom is -0.456 e. The average Bonchev–Trinajstić information content (AvgIpc) is 2.12. The lowest BCUT2D eigenvalue weighted by atomic mass is 10.2. The van der Waals surface area contributed by atoms with Crippen molar-refractivity contribution in [3.63, 3.8) is 0 Å². The quantitative estimate of drug-likeness (QED) is 0.667. The Morgan fingerprint density at radius 2 is 2.14 bits per heavy atom. The zero-order valence-electron chi connectivity index (χ0n) is 7.88. The van der Waals surface area contributed by atoms with Crippen molar-refractivity contribution in [1.82, 2.24) is 14.9 Å². The van der Waals surface area contributed by atoms with Crippen molar-refractivity contribution in [1.29, 1.82) is 0 Å².